The highest BCUT2D eigenvalue weighted by atomic mass is 32.2. The molecule has 2 N–H and O–H groups in total. The van der Waals surface area contributed by atoms with E-state index in [1.54, 1.807) is 26.0 Å². The average Bonchev–Trinajstić information content (AvgIpc) is 3.24. The van der Waals surface area contributed by atoms with Crippen molar-refractivity contribution in [2.24, 2.45) is 7.05 Å². The number of ether oxygens (including phenoxy) is 1. The summed E-state index contributed by atoms with van der Waals surface area (Å²) in [6.45, 7) is 10.1. The second kappa shape index (κ2) is 12.7. The minimum Gasteiger partial charge on any atom is -0.457 e. The molecule has 0 fully saturated rings. The van der Waals surface area contributed by atoms with E-state index in [1.165, 1.54) is 17.3 Å². The number of carbonyl (C=O) groups excluding carboxylic acids is 1. The van der Waals surface area contributed by atoms with Crippen molar-refractivity contribution in [2.45, 2.75) is 58.6 Å². The lowest BCUT2D eigenvalue weighted by molar-refractivity contribution is 0.0948. The molecular weight excluding hydrogens is 538 g/mol. The lowest BCUT2D eigenvalue weighted by Crippen LogP contribution is -2.28. The lowest BCUT2D eigenvalue weighted by atomic mass is 9.95. The highest BCUT2D eigenvalue weighted by molar-refractivity contribution is 7.91. The number of pyridine rings is 1. The van der Waals surface area contributed by atoms with Crippen molar-refractivity contribution in [3.05, 3.63) is 71.5 Å². The fourth-order valence-electron chi connectivity index (χ4n) is 4.55. The maximum Gasteiger partial charge on any atom is 0.270 e. The van der Waals surface area contributed by atoms with Crippen LogP contribution in [-0.4, -0.2) is 46.4 Å². The van der Waals surface area contributed by atoms with Gasteiger partial charge in [0.2, 0.25) is 5.95 Å². The number of nitrogens with zero attached hydrogens (tertiary/aromatic N) is 3. The lowest BCUT2D eigenvalue weighted by Gasteiger charge is -2.14. The van der Waals surface area contributed by atoms with Crippen LogP contribution in [0, 0.1) is 0 Å². The second-order valence-corrected chi connectivity index (χ2v) is 13.4. The monoisotopic (exact) mass is 577 g/mol. The van der Waals surface area contributed by atoms with Gasteiger partial charge in [-0.15, -0.1) is 0 Å². The van der Waals surface area contributed by atoms with Gasteiger partial charge >= 0.3 is 0 Å². The van der Waals surface area contributed by atoms with Gasteiger partial charge in [0.25, 0.3) is 5.91 Å². The molecule has 41 heavy (non-hydrogen) atoms. The van der Waals surface area contributed by atoms with Crippen molar-refractivity contribution in [1.29, 1.82) is 0 Å². The summed E-state index contributed by atoms with van der Waals surface area (Å²) in [6.07, 6.45) is 2.84. The van der Waals surface area contributed by atoms with Crippen molar-refractivity contribution in [2.75, 3.05) is 17.6 Å². The SMILES string of the molecule is CCc1ccc(Nc2nc3cc(Oc4ccnc(C(=O)NCCCS(=O)(=O)C(C)C)c4)ccc3n2C)cc1C(C)C. The molecule has 0 aliphatic rings. The van der Waals surface area contributed by atoms with Gasteiger partial charge in [-0.25, -0.2) is 13.4 Å². The quantitative estimate of drug-likeness (QED) is 0.195. The Morgan fingerprint density at radius 1 is 1.02 bits per heavy atom. The molecule has 0 atom stereocenters. The number of anilines is 2. The van der Waals surface area contributed by atoms with Crippen molar-refractivity contribution in [3.8, 4) is 11.5 Å². The number of sulfone groups is 1. The Labute approximate surface area is 242 Å². The number of nitrogens with one attached hydrogen (secondary N) is 2. The zero-order valence-corrected chi connectivity index (χ0v) is 25.4. The van der Waals surface area contributed by atoms with Gasteiger partial charge in [-0.05, 0) is 74.1 Å². The molecule has 4 aromatic rings. The number of hydrogen-bond donors (Lipinski definition) is 2. The molecule has 0 aliphatic heterocycles. The number of carbonyl (C=O) groups is 1. The summed E-state index contributed by atoms with van der Waals surface area (Å²) in [5.41, 5.74) is 5.58. The zero-order chi connectivity index (χ0) is 29.7. The van der Waals surface area contributed by atoms with E-state index < -0.39 is 15.1 Å². The molecule has 0 spiro atoms. The van der Waals surface area contributed by atoms with Crippen molar-refractivity contribution in [3.63, 3.8) is 0 Å². The first-order valence-corrected chi connectivity index (χ1v) is 15.7. The van der Waals surface area contributed by atoms with Crippen molar-refractivity contribution >= 4 is 38.4 Å². The summed E-state index contributed by atoms with van der Waals surface area (Å²) >= 11 is 0. The number of aromatic nitrogens is 3. The van der Waals surface area contributed by atoms with Gasteiger partial charge in [0.1, 0.15) is 17.2 Å². The summed E-state index contributed by atoms with van der Waals surface area (Å²) in [5, 5.41) is 5.75. The van der Waals surface area contributed by atoms with Gasteiger partial charge in [-0.1, -0.05) is 26.8 Å². The standard InChI is InChI=1S/C31H39N5O4S/c1-7-22-9-10-23(17-26(22)20(2)3)34-31-35-27-18-24(11-12-29(27)36(31)6)40-25-13-15-32-28(19-25)30(37)33-14-8-16-41(38,39)21(4)5/h9-13,15,17-21H,7-8,14,16H2,1-6H3,(H,33,37)(H,34,35). The van der Waals surface area contributed by atoms with Crippen LogP contribution < -0.4 is 15.4 Å². The first-order chi connectivity index (χ1) is 19.5. The Balaban J connectivity index is 1.44. The molecule has 9 nitrogen and oxygen atoms in total. The number of rotatable bonds is 12. The number of hydrogen-bond acceptors (Lipinski definition) is 7. The topological polar surface area (TPSA) is 115 Å². The summed E-state index contributed by atoms with van der Waals surface area (Å²) in [6, 6.07) is 15.3. The molecule has 0 saturated carbocycles. The van der Waals surface area contributed by atoms with Crippen LogP contribution in [0.25, 0.3) is 11.0 Å². The Hall–Kier alpha value is -3.92. The van der Waals surface area contributed by atoms with E-state index in [4.69, 9.17) is 9.72 Å². The van der Waals surface area contributed by atoms with Gasteiger partial charge in [-0.2, -0.15) is 0 Å². The predicted octanol–water partition coefficient (Wildman–Crippen LogP) is 6.13. The Morgan fingerprint density at radius 2 is 1.78 bits per heavy atom. The highest BCUT2D eigenvalue weighted by Gasteiger charge is 2.16. The van der Waals surface area contributed by atoms with Crippen LogP contribution in [0.5, 0.6) is 11.5 Å². The fraction of sp³-hybridized carbons (Fsp3) is 0.387. The van der Waals surface area contributed by atoms with Gasteiger partial charge in [0.05, 0.1) is 22.0 Å². The Morgan fingerprint density at radius 3 is 2.49 bits per heavy atom. The maximum absolute atomic E-state index is 12.6. The van der Waals surface area contributed by atoms with Gasteiger partial charge in [0, 0.05) is 37.6 Å². The van der Waals surface area contributed by atoms with E-state index in [-0.39, 0.29) is 23.9 Å². The Kier molecular flexibility index (Phi) is 9.32. The molecule has 4 rings (SSSR count). The molecule has 2 aromatic carbocycles. The fourth-order valence-corrected chi connectivity index (χ4v) is 5.57. The maximum atomic E-state index is 12.6. The van der Waals surface area contributed by atoms with E-state index in [2.05, 4.69) is 54.6 Å². The minimum atomic E-state index is -3.14. The molecule has 0 radical (unpaired) electrons. The van der Waals surface area contributed by atoms with Crippen LogP contribution >= 0.6 is 0 Å². The summed E-state index contributed by atoms with van der Waals surface area (Å²) < 4.78 is 31.9. The van der Waals surface area contributed by atoms with E-state index in [0.717, 1.165) is 29.1 Å². The molecule has 1 amide bonds. The summed E-state index contributed by atoms with van der Waals surface area (Å²) in [4.78, 5) is 21.5. The third kappa shape index (κ3) is 7.24. The molecule has 0 bridgehead atoms. The predicted molar refractivity (Wildman–Crippen MR) is 164 cm³/mol. The van der Waals surface area contributed by atoms with Gasteiger partial charge in [0.15, 0.2) is 9.84 Å². The largest absolute Gasteiger partial charge is 0.457 e. The molecule has 2 heterocycles. The van der Waals surface area contributed by atoms with E-state index in [0.29, 0.717) is 23.8 Å². The zero-order valence-electron chi connectivity index (χ0n) is 24.6. The number of imidazole rings is 1. The molecular formula is C31H39N5O4S. The Bertz CT molecular complexity index is 1640. The average molecular weight is 578 g/mol. The minimum absolute atomic E-state index is 0.0267. The molecule has 2 aromatic heterocycles. The van der Waals surface area contributed by atoms with Gasteiger partial charge < -0.3 is 19.9 Å². The van der Waals surface area contributed by atoms with Crippen LogP contribution in [0.2, 0.25) is 0 Å². The van der Waals surface area contributed by atoms with Crippen LogP contribution in [0.3, 0.4) is 0 Å². The summed E-state index contributed by atoms with van der Waals surface area (Å²) in [7, 11) is -1.17. The number of benzene rings is 2. The van der Waals surface area contributed by atoms with Crippen molar-refractivity contribution < 1.29 is 17.9 Å². The number of amides is 1. The smallest absolute Gasteiger partial charge is 0.270 e. The second-order valence-electron chi connectivity index (χ2n) is 10.7. The molecule has 0 aliphatic carbocycles. The van der Waals surface area contributed by atoms with Crippen LogP contribution in [0.1, 0.15) is 68.6 Å². The van der Waals surface area contributed by atoms with Crippen LogP contribution in [-0.2, 0) is 23.3 Å². The van der Waals surface area contributed by atoms with Gasteiger partial charge in [-0.3, -0.25) is 9.78 Å². The van der Waals surface area contributed by atoms with E-state index in [1.807, 2.05) is 29.8 Å². The van der Waals surface area contributed by atoms with Crippen LogP contribution in [0.4, 0.5) is 11.6 Å². The molecule has 10 heteroatoms. The third-order valence-corrected chi connectivity index (χ3v) is 9.36. The van der Waals surface area contributed by atoms with Crippen LogP contribution in [0.15, 0.2) is 54.7 Å². The number of fused-ring (bicyclic) bond motifs is 1. The molecule has 218 valence electrons. The molecule has 0 unspecified atom stereocenters. The van der Waals surface area contributed by atoms with Crippen molar-refractivity contribution in [1.82, 2.24) is 19.9 Å². The molecule has 0 saturated heterocycles. The highest BCUT2D eigenvalue weighted by Crippen LogP contribution is 2.30. The third-order valence-electron chi connectivity index (χ3n) is 7.07. The normalized spacial score (nSPS) is 11.8. The van der Waals surface area contributed by atoms with E-state index >= 15 is 0 Å². The van der Waals surface area contributed by atoms with E-state index in [9.17, 15) is 13.2 Å². The number of aryl methyl sites for hydroxylation is 2. The first-order valence-electron chi connectivity index (χ1n) is 14.0. The first kappa shape index (κ1) is 30.0. The summed E-state index contributed by atoms with van der Waals surface area (Å²) in [5.74, 6) is 1.83.